The maximum atomic E-state index is 15.3. The molecule has 2 aliphatic heterocycles. The number of phenolic OH excluding ortho intramolecular Hbond substituents is 1. The van der Waals surface area contributed by atoms with Crippen LogP contribution in [0.15, 0.2) is 90.9 Å². The summed E-state index contributed by atoms with van der Waals surface area (Å²) in [5.74, 6) is -31.0. The van der Waals surface area contributed by atoms with Gasteiger partial charge < -0.3 is 124 Å². The van der Waals surface area contributed by atoms with Gasteiger partial charge in [-0.1, -0.05) is 68.8 Å². The number of aromatic amines is 2. The summed E-state index contributed by atoms with van der Waals surface area (Å²) in [5, 5.41) is 84.4. The zero-order valence-corrected chi connectivity index (χ0v) is 59.0. The topological polar surface area (TPSA) is 690 Å². The van der Waals surface area contributed by atoms with Gasteiger partial charge in [0.1, 0.15) is 65.9 Å². The van der Waals surface area contributed by atoms with E-state index in [1.165, 1.54) is 24.5 Å². The van der Waals surface area contributed by atoms with Gasteiger partial charge in [-0.25, -0.2) is 14.2 Å². The van der Waals surface area contributed by atoms with Crippen molar-refractivity contribution in [2.75, 3.05) is 13.2 Å². The summed E-state index contributed by atoms with van der Waals surface area (Å²) in [5.41, 5.74) is 5.06. The lowest BCUT2D eigenvalue weighted by Gasteiger charge is -2.30. The van der Waals surface area contributed by atoms with Crippen LogP contribution in [0.1, 0.15) is 75.6 Å². The maximum absolute atomic E-state index is 15.3. The molecule has 0 radical (unpaired) electrons. The largest absolute Gasteiger partial charge is 0.508 e. The fraction of sp³-hybridized carbons (Fsp3) is 0.379. The van der Waals surface area contributed by atoms with Gasteiger partial charge >= 0.3 is 37.7 Å². The first kappa shape index (κ1) is 84.6. The van der Waals surface area contributed by atoms with Gasteiger partial charge in [0, 0.05) is 46.2 Å². The first-order valence-electron chi connectivity index (χ1n) is 33.2. The maximum Gasteiger partial charge on any atom is 0.470 e. The predicted octanol–water partition coefficient (Wildman–Crippen LogP) is -5.48. The number of primary amides is 1. The SMILES string of the molecule is CCCC1OC1C(=O)NC(CO)C(=O)NC1C(=O)NC(Cc2c[nH]c3ccccc23)C(=O)NC(CC(=O)O)C(=O)NC(C(=O)O)C(=O)NC(c2ccc(O)cc2)C(=O)NC(CC(=O)O)C(=O)NCC(=O)NC(C(OP(=O)(O)O)C(N)=O)C(=O)NC(C(C)CC(=O)O)C(=O)NC(=Cc2c[nH]c3ccccc23)C(=O)OC1C. The number of phosphoric acid groups is 1. The molecule has 23 N–H and O–H groups in total. The van der Waals surface area contributed by atoms with E-state index in [0.29, 0.717) is 34.6 Å². The number of phenols is 1. The van der Waals surface area contributed by atoms with Crippen molar-refractivity contribution in [1.29, 1.82) is 0 Å². The normalized spacial score (nSPS) is 23.9. The molecule has 590 valence electrons. The number of phosphoric ester groups is 1. The summed E-state index contributed by atoms with van der Waals surface area (Å²) < 4.78 is 28.1. The Balaban J connectivity index is 1.41. The van der Waals surface area contributed by atoms with Gasteiger partial charge in [0.25, 0.3) is 11.8 Å². The fourth-order valence-corrected chi connectivity index (χ4v) is 11.8. The lowest BCUT2D eigenvalue weighted by Crippen LogP contribution is -2.63. The lowest BCUT2D eigenvalue weighted by molar-refractivity contribution is -0.150. The Morgan fingerprint density at radius 2 is 1.27 bits per heavy atom. The van der Waals surface area contributed by atoms with Crippen molar-refractivity contribution in [3.05, 3.63) is 108 Å². The minimum absolute atomic E-state index is 0.0313. The Morgan fingerprint density at radius 3 is 1.87 bits per heavy atom. The molecular formula is C66H77N14O29P. The fourth-order valence-electron chi connectivity index (χ4n) is 11.3. The summed E-state index contributed by atoms with van der Waals surface area (Å²) in [6.45, 7) is 1.05. The minimum atomic E-state index is -6.02. The molecule has 2 aliphatic rings. The van der Waals surface area contributed by atoms with E-state index in [9.17, 15) is 107 Å². The molecule has 14 unspecified atom stereocenters. The van der Waals surface area contributed by atoms with Crippen molar-refractivity contribution in [1.82, 2.24) is 68.5 Å². The van der Waals surface area contributed by atoms with Crippen LogP contribution in [-0.2, 0) is 106 Å². The Kier molecular flexibility index (Phi) is 29.0. The first-order chi connectivity index (χ1) is 51.9. The smallest absolute Gasteiger partial charge is 0.470 e. The number of aliphatic hydroxyl groups is 1. The van der Waals surface area contributed by atoms with Gasteiger partial charge in [-0.3, -0.25) is 76.4 Å². The highest BCUT2D eigenvalue weighted by atomic mass is 31.2. The van der Waals surface area contributed by atoms with Crippen LogP contribution in [0, 0.1) is 5.92 Å². The van der Waals surface area contributed by atoms with Gasteiger partial charge in [-0.05, 0) is 60.7 Å². The Morgan fingerprint density at radius 1 is 0.682 bits per heavy atom. The third kappa shape index (κ3) is 23.4. The number of aliphatic carboxylic acids is 4. The second-order valence-corrected chi connectivity index (χ2v) is 26.3. The molecule has 44 heteroatoms. The summed E-state index contributed by atoms with van der Waals surface area (Å²) in [7, 11) is -6.02. The molecule has 43 nitrogen and oxygen atoms in total. The molecule has 110 heavy (non-hydrogen) atoms. The summed E-state index contributed by atoms with van der Waals surface area (Å²) in [6, 6.07) is -5.50. The second-order valence-electron chi connectivity index (χ2n) is 25.1. The van der Waals surface area contributed by atoms with E-state index in [1.54, 1.807) is 54.0 Å². The number of rotatable bonds is 23. The molecule has 12 amide bonds. The number of hydrogen-bond donors (Lipinski definition) is 22. The first-order valence-corrected chi connectivity index (χ1v) is 34.7. The van der Waals surface area contributed by atoms with Gasteiger partial charge in [0.2, 0.25) is 65.1 Å². The highest BCUT2D eigenvalue weighted by Gasteiger charge is 2.47. The molecule has 5 aromatic rings. The van der Waals surface area contributed by atoms with Crippen LogP contribution in [0.3, 0.4) is 0 Å². The minimum Gasteiger partial charge on any atom is -0.508 e. The number of nitrogens with two attached hydrogens (primary N) is 1. The second kappa shape index (κ2) is 37.7. The monoisotopic (exact) mass is 1560 g/mol. The highest BCUT2D eigenvalue weighted by Crippen LogP contribution is 2.38. The van der Waals surface area contributed by atoms with Crippen molar-refractivity contribution in [3.63, 3.8) is 0 Å². The number of cyclic esters (lactones) is 1. The Bertz CT molecular complexity index is 4480. The van der Waals surface area contributed by atoms with Crippen molar-refractivity contribution in [2.45, 2.75) is 138 Å². The average Bonchev–Trinajstić information content (AvgIpc) is 1.51. The van der Waals surface area contributed by atoms with E-state index in [1.807, 2.05) is 21.3 Å². The number of hydrogen-bond acceptors (Lipinski definition) is 23. The van der Waals surface area contributed by atoms with Gasteiger partial charge in [-0.15, -0.1) is 0 Å². The molecule has 0 spiro atoms. The molecular weight excluding hydrogens is 1480 g/mol. The standard InChI is InChI=1S/C66H77N14O29P/c1-4-9-42-52(108-42)64(100)75-41(26-81)58(94)78-48-28(3)107-66(103)40(20-31-24-69-36-13-8-6-11-34(31)36)74-59(95)47(27(2)18-44(84)85)77-62(98)50(53(54(67)90)109-110(104,105)106)76-43(83)25-70-55(91)38(21-45(86)87)73-61(97)49(29-14-16-32(82)17-15-29)79-63(99)51(65(101)102)80-57(93)39(22-46(88)89)71-56(92)37(72-60(48)96)19-30-23-68-35-12-7-5-10-33(30)35/h5-8,10-17,20,23-24,27-28,37-39,41-42,47-53,68-69,81-82H,4,9,18-19,21-22,25-26H2,1-3H3,(H2,67,90)(H,70,91)(H,71,92)(H,72,96)(H,73,97)(H,74,95)(H,75,100)(H,76,83)(H,77,98)(H,78,94)(H,79,99)(H,80,93)(H,84,85)(H,86,87)(H,88,89)(H,101,102)(H2,104,105,106). The van der Waals surface area contributed by atoms with Crippen LogP contribution in [0.4, 0.5) is 0 Å². The van der Waals surface area contributed by atoms with Crippen LogP contribution in [0.5, 0.6) is 5.75 Å². The number of esters is 1. The number of nitrogens with one attached hydrogen (secondary N) is 13. The van der Waals surface area contributed by atoms with Crippen molar-refractivity contribution < 1.29 is 140 Å². The summed E-state index contributed by atoms with van der Waals surface area (Å²) in [4.78, 5) is 263. The quantitative estimate of drug-likeness (QED) is 0.00954. The Labute approximate surface area is 619 Å². The Hall–Kier alpha value is -12.7. The van der Waals surface area contributed by atoms with E-state index in [0.717, 1.165) is 44.2 Å². The van der Waals surface area contributed by atoms with E-state index in [-0.39, 0.29) is 11.1 Å². The number of aromatic nitrogens is 2. The van der Waals surface area contributed by atoms with Crippen molar-refractivity contribution >= 4 is 136 Å². The summed E-state index contributed by atoms with van der Waals surface area (Å²) in [6.07, 6.45) is -6.94. The van der Waals surface area contributed by atoms with E-state index < -0.39 is 249 Å². The molecule has 0 bridgehead atoms. The molecule has 3 aromatic carbocycles. The van der Waals surface area contributed by atoms with E-state index in [4.69, 9.17) is 15.2 Å². The van der Waals surface area contributed by atoms with E-state index >= 15 is 19.2 Å². The number of benzene rings is 3. The number of carbonyl (C=O) groups is 17. The van der Waals surface area contributed by atoms with Gasteiger partial charge in [0.15, 0.2) is 12.2 Å². The van der Waals surface area contributed by atoms with Crippen LogP contribution >= 0.6 is 7.82 Å². The number of carboxylic acids is 4. The molecule has 2 aromatic heterocycles. The van der Waals surface area contributed by atoms with Gasteiger partial charge in [0.05, 0.1) is 38.5 Å². The molecule has 14 atom stereocenters. The number of amides is 12. The summed E-state index contributed by atoms with van der Waals surface area (Å²) >= 11 is 0. The van der Waals surface area contributed by atoms with Crippen LogP contribution < -0.4 is 64.2 Å². The molecule has 0 saturated carbocycles. The number of carboxylic acid groups (broad SMARTS) is 4. The molecule has 0 aliphatic carbocycles. The van der Waals surface area contributed by atoms with Gasteiger partial charge in [-0.2, -0.15) is 0 Å². The number of fused-ring (bicyclic) bond motifs is 2. The van der Waals surface area contributed by atoms with Crippen molar-refractivity contribution in [3.8, 4) is 5.75 Å². The number of para-hydroxylation sites is 2. The average molecular weight is 1560 g/mol. The van der Waals surface area contributed by atoms with Crippen molar-refractivity contribution in [2.24, 2.45) is 11.7 Å². The van der Waals surface area contributed by atoms with Crippen LogP contribution in [0.2, 0.25) is 0 Å². The number of aliphatic hydroxyl groups excluding tert-OH is 1. The molecule has 2 saturated heterocycles. The number of ether oxygens (including phenoxy) is 2. The molecule has 7 rings (SSSR count). The number of epoxide rings is 1. The number of H-pyrrole nitrogens is 2. The zero-order valence-electron chi connectivity index (χ0n) is 58.1. The van der Waals surface area contributed by atoms with Crippen LogP contribution in [0.25, 0.3) is 27.9 Å². The number of aromatic hydroxyl groups is 1. The van der Waals surface area contributed by atoms with Crippen LogP contribution in [-0.4, -0.2) is 237 Å². The number of carbonyl (C=O) groups excluding carboxylic acids is 13. The highest BCUT2D eigenvalue weighted by molar-refractivity contribution is 7.46. The zero-order chi connectivity index (χ0) is 81.2. The third-order valence-corrected chi connectivity index (χ3v) is 17.3. The molecule has 2 fully saturated rings. The molecule has 4 heterocycles. The predicted molar refractivity (Wildman–Crippen MR) is 370 cm³/mol. The van der Waals surface area contributed by atoms with E-state index in [2.05, 4.69) is 41.1 Å². The third-order valence-electron chi connectivity index (χ3n) is 16.8. The lowest BCUT2D eigenvalue weighted by atomic mass is 9.96.